The van der Waals surface area contributed by atoms with E-state index in [0.717, 1.165) is 74.8 Å². The van der Waals surface area contributed by atoms with E-state index in [2.05, 4.69) is 73.6 Å². The van der Waals surface area contributed by atoms with Crippen molar-refractivity contribution in [3.05, 3.63) is 92.4 Å². The number of hydrogen-bond donors (Lipinski definition) is 4. The Kier molecular flexibility index (Phi) is 11.3. The van der Waals surface area contributed by atoms with Gasteiger partial charge >= 0.3 is 0 Å². The number of amides is 2. The van der Waals surface area contributed by atoms with E-state index in [1.54, 1.807) is 14.2 Å². The van der Waals surface area contributed by atoms with Crippen molar-refractivity contribution >= 4 is 39.3 Å². The monoisotopic (exact) mass is 787 g/mol. The first-order chi connectivity index (χ1) is 25.3. The van der Waals surface area contributed by atoms with Crippen LogP contribution in [0.15, 0.2) is 65.1 Å². The second kappa shape index (κ2) is 16.2. The van der Waals surface area contributed by atoms with Crippen LogP contribution in [-0.4, -0.2) is 56.2 Å². The third kappa shape index (κ3) is 7.93. The average molecular weight is 789 g/mol. The molecule has 1 aliphatic carbocycles. The van der Waals surface area contributed by atoms with Gasteiger partial charge in [0.2, 0.25) is 23.6 Å². The van der Waals surface area contributed by atoms with Crippen molar-refractivity contribution in [3.8, 4) is 39.8 Å². The van der Waals surface area contributed by atoms with Crippen LogP contribution in [0.1, 0.15) is 60.5 Å². The molecule has 0 spiro atoms. The third-order valence-corrected chi connectivity index (χ3v) is 11.1. The van der Waals surface area contributed by atoms with Gasteiger partial charge in [-0.1, -0.05) is 60.1 Å². The number of methoxy groups -OCH3 is 2. The summed E-state index contributed by atoms with van der Waals surface area (Å²) in [6.45, 7) is 2.58. The maximum absolute atomic E-state index is 11.5. The van der Waals surface area contributed by atoms with Gasteiger partial charge in [0.1, 0.15) is 11.9 Å². The lowest BCUT2D eigenvalue weighted by molar-refractivity contribution is -0.120. The molecule has 3 heterocycles. The molecule has 3 aromatic carbocycles. The Balaban J connectivity index is 1.06. The SMILES string of the molecule is COc1cc(-c2cccc(-c3cccc4c3CC[C@@H]4Oc3nc(OC)c(CNC[C@@H]4CCC(=O)N4)cc3Br)c2Cl)ccc1CNC[C@@H]1CCC(=O)N1. The molecule has 2 saturated heterocycles. The lowest BCUT2D eigenvalue weighted by Crippen LogP contribution is -2.35. The zero-order valence-electron chi connectivity index (χ0n) is 29.3. The highest BCUT2D eigenvalue weighted by Gasteiger charge is 2.29. The number of fused-ring (bicyclic) bond motifs is 1. The number of halogens is 2. The number of ether oxygens (including phenoxy) is 3. The second-order valence-corrected chi connectivity index (χ2v) is 14.8. The Morgan fingerprint density at radius 2 is 1.46 bits per heavy atom. The number of carbonyl (C=O) groups is 2. The normalized spacial score (nSPS) is 19.3. The summed E-state index contributed by atoms with van der Waals surface area (Å²) in [5.74, 6) is 1.98. The van der Waals surface area contributed by atoms with Crippen molar-refractivity contribution in [1.82, 2.24) is 26.3 Å². The predicted molar refractivity (Wildman–Crippen MR) is 205 cm³/mol. The molecule has 0 radical (unpaired) electrons. The molecule has 0 bridgehead atoms. The number of rotatable bonds is 14. The van der Waals surface area contributed by atoms with E-state index >= 15 is 0 Å². The first-order valence-corrected chi connectivity index (χ1v) is 19.0. The lowest BCUT2D eigenvalue weighted by atomic mass is 9.93. The molecular weight excluding hydrogens is 746 g/mol. The van der Waals surface area contributed by atoms with Gasteiger partial charge in [-0.15, -0.1) is 0 Å². The summed E-state index contributed by atoms with van der Waals surface area (Å²) in [5, 5.41) is 13.5. The van der Waals surface area contributed by atoms with Crippen LogP contribution in [0.4, 0.5) is 0 Å². The number of nitrogens with one attached hydrogen (secondary N) is 4. The lowest BCUT2D eigenvalue weighted by Gasteiger charge is -2.19. The fourth-order valence-corrected chi connectivity index (χ4v) is 8.25. The number of nitrogens with zero attached hydrogens (tertiary/aromatic N) is 1. The Morgan fingerprint density at radius 3 is 2.13 bits per heavy atom. The summed E-state index contributed by atoms with van der Waals surface area (Å²) < 4.78 is 18.8. The van der Waals surface area contributed by atoms with E-state index in [1.165, 1.54) is 5.56 Å². The minimum atomic E-state index is -0.185. The molecule has 3 atom stereocenters. The van der Waals surface area contributed by atoms with Gasteiger partial charge in [-0.05, 0) is 76.0 Å². The van der Waals surface area contributed by atoms with Crippen molar-refractivity contribution in [3.63, 3.8) is 0 Å². The van der Waals surface area contributed by atoms with E-state index in [1.807, 2.05) is 24.3 Å². The molecule has 10 nitrogen and oxygen atoms in total. The summed E-state index contributed by atoms with van der Waals surface area (Å²) >= 11 is 10.9. The third-order valence-electron chi connectivity index (χ3n) is 10.1. The van der Waals surface area contributed by atoms with E-state index in [-0.39, 0.29) is 30.0 Å². The molecule has 7 rings (SSSR count). The molecule has 272 valence electrons. The second-order valence-electron chi connectivity index (χ2n) is 13.5. The molecule has 1 aromatic heterocycles. The number of benzene rings is 3. The first kappa shape index (κ1) is 36.2. The molecule has 4 N–H and O–H groups in total. The standard InChI is InChI=1S/C40H43BrClN5O5/c1-50-35-18-23(9-10-24(35)19-43-21-26-11-15-36(48)45-26)28-5-3-8-32(38(28)42)29-6-4-7-31-30(29)13-14-34(31)52-40-33(41)17-25(39(47-40)51-2)20-44-22-27-12-16-37(49)46-27/h3-10,17-18,26-27,34,43-44H,11-16,19-22H2,1-2H3,(H,45,48)(H,46,49)/t26-,27-,34-/m0/s1. The van der Waals surface area contributed by atoms with Gasteiger partial charge < -0.3 is 35.5 Å². The Labute approximate surface area is 317 Å². The molecule has 52 heavy (non-hydrogen) atoms. The first-order valence-electron chi connectivity index (χ1n) is 17.8. The molecular formula is C40H43BrClN5O5. The molecule has 3 aliphatic rings. The van der Waals surface area contributed by atoms with Crippen molar-refractivity contribution in [1.29, 1.82) is 0 Å². The number of aromatic nitrogens is 1. The largest absolute Gasteiger partial charge is 0.496 e. The predicted octanol–water partition coefficient (Wildman–Crippen LogP) is 6.65. The minimum Gasteiger partial charge on any atom is -0.496 e. The number of hydrogen-bond acceptors (Lipinski definition) is 8. The Hall–Kier alpha value is -4.16. The summed E-state index contributed by atoms with van der Waals surface area (Å²) in [4.78, 5) is 27.8. The highest BCUT2D eigenvalue weighted by molar-refractivity contribution is 9.10. The van der Waals surface area contributed by atoms with Gasteiger partial charge in [0.05, 0.1) is 23.7 Å². The van der Waals surface area contributed by atoms with Crippen molar-refractivity contribution in [2.24, 2.45) is 0 Å². The van der Waals surface area contributed by atoms with Crippen LogP contribution < -0.4 is 35.5 Å². The zero-order valence-corrected chi connectivity index (χ0v) is 31.7. The zero-order chi connectivity index (χ0) is 36.2. The molecule has 2 aliphatic heterocycles. The fourth-order valence-electron chi connectivity index (χ4n) is 7.45. The maximum atomic E-state index is 11.5. The van der Waals surface area contributed by atoms with Gasteiger partial charge in [0.25, 0.3) is 0 Å². The highest BCUT2D eigenvalue weighted by Crippen LogP contribution is 2.45. The van der Waals surface area contributed by atoms with Gasteiger partial charge in [0.15, 0.2) is 0 Å². The number of carbonyl (C=O) groups excluding carboxylic acids is 2. The Bertz CT molecular complexity index is 1980. The van der Waals surface area contributed by atoms with Crippen molar-refractivity contribution < 1.29 is 23.8 Å². The van der Waals surface area contributed by atoms with Crippen LogP contribution in [0.5, 0.6) is 17.5 Å². The van der Waals surface area contributed by atoms with E-state index in [4.69, 9.17) is 30.8 Å². The van der Waals surface area contributed by atoms with E-state index < -0.39 is 0 Å². The van der Waals surface area contributed by atoms with Crippen molar-refractivity contribution in [2.45, 2.75) is 69.8 Å². The molecule has 2 amide bonds. The summed E-state index contributed by atoms with van der Waals surface area (Å²) in [6.07, 6.45) is 4.32. The van der Waals surface area contributed by atoms with E-state index in [9.17, 15) is 9.59 Å². The summed E-state index contributed by atoms with van der Waals surface area (Å²) in [5.41, 5.74) is 8.22. The van der Waals surface area contributed by atoms with Crippen LogP contribution in [0.25, 0.3) is 22.3 Å². The van der Waals surface area contributed by atoms with Gasteiger partial charge in [0, 0.05) is 73.4 Å². The van der Waals surface area contributed by atoms with Crippen LogP contribution >= 0.6 is 27.5 Å². The topological polar surface area (TPSA) is 123 Å². The molecule has 0 saturated carbocycles. The smallest absolute Gasteiger partial charge is 0.231 e. The summed E-state index contributed by atoms with van der Waals surface area (Å²) in [6, 6.07) is 21.0. The molecule has 4 aromatic rings. The minimum absolute atomic E-state index is 0.105. The van der Waals surface area contributed by atoms with Crippen LogP contribution in [0, 0.1) is 0 Å². The quantitative estimate of drug-likeness (QED) is 0.112. The van der Waals surface area contributed by atoms with Crippen LogP contribution in [0.2, 0.25) is 5.02 Å². The average Bonchev–Trinajstić information content (AvgIpc) is 3.89. The van der Waals surface area contributed by atoms with Crippen LogP contribution in [-0.2, 0) is 29.1 Å². The fraction of sp³-hybridized carbons (Fsp3) is 0.375. The van der Waals surface area contributed by atoms with Gasteiger partial charge in [-0.2, -0.15) is 4.98 Å². The highest BCUT2D eigenvalue weighted by atomic mass is 79.9. The van der Waals surface area contributed by atoms with Gasteiger partial charge in [-0.3, -0.25) is 9.59 Å². The number of pyridine rings is 1. The van der Waals surface area contributed by atoms with Crippen molar-refractivity contribution in [2.75, 3.05) is 27.3 Å². The summed E-state index contributed by atoms with van der Waals surface area (Å²) in [7, 11) is 3.29. The van der Waals surface area contributed by atoms with E-state index in [0.29, 0.717) is 55.8 Å². The van der Waals surface area contributed by atoms with Crippen LogP contribution in [0.3, 0.4) is 0 Å². The molecule has 0 unspecified atom stereocenters. The molecule has 12 heteroatoms. The maximum Gasteiger partial charge on any atom is 0.231 e. The van der Waals surface area contributed by atoms with Gasteiger partial charge in [-0.25, -0.2) is 0 Å². The molecule has 2 fully saturated rings. The Morgan fingerprint density at radius 1 is 0.788 bits per heavy atom.